The summed E-state index contributed by atoms with van der Waals surface area (Å²) in [6.45, 7) is 0. The van der Waals surface area contributed by atoms with Crippen LogP contribution >= 0.6 is 24.0 Å². The molecule has 1 N–H and O–H groups in total. The summed E-state index contributed by atoms with van der Waals surface area (Å²) in [5.74, 6) is 0.782. The fourth-order valence-electron chi connectivity index (χ4n) is 2.41. The largest absolute Gasteiger partial charge is 0.490 e. The Labute approximate surface area is 127 Å². The third-order valence-corrected chi connectivity index (χ3v) is 4.59. The number of carbonyl (C=O) groups is 1. The number of ether oxygens (including phenoxy) is 1. The molecule has 0 aromatic heterocycles. The van der Waals surface area contributed by atoms with Gasteiger partial charge < -0.3 is 10.1 Å². The van der Waals surface area contributed by atoms with Gasteiger partial charge in [0.15, 0.2) is 0 Å². The highest BCUT2D eigenvalue weighted by Gasteiger charge is 2.22. The molecule has 2 fully saturated rings. The molecule has 20 heavy (non-hydrogen) atoms. The lowest BCUT2D eigenvalue weighted by atomic mass is 10.2. The van der Waals surface area contributed by atoms with Crippen molar-refractivity contribution in [2.75, 3.05) is 0 Å². The minimum absolute atomic E-state index is 0.119. The molecule has 0 unspecified atom stereocenters. The van der Waals surface area contributed by atoms with Crippen LogP contribution in [-0.2, 0) is 4.79 Å². The van der Waals surface area contributed by atoms with E-state index in [9.17, 15) is 4.79 Å². The first-order chi connectivity index (χ1) is 9.70. The third-order valence-electron chi connectivity index (χ3n) is 3.42. The number of carbonyl (C=O) groups excluding carboxylic acids is 1. The van der Waals surface area contributed by atoms with Crippen molar-refractivity contribution < 1.29 is 9.53 Å². The van der Waals surface area contributed by atoms with Crippen LogP contribution in [0.1, 0.15) is 31.2 Å². The molecular formula is C15H15NO2S2. The molecule has 0 atom stereocenters. The van der Waals surface area contributed by atoms with Crippen molar-refractivity contribution in [3.8, 4) is 5.75 Å². The molecule has 0 radical (unpaired) electrons. The minimum Gasteiger partial charge on any atom is -0.490 e. The topological polar surface area (TPSA) is 38.3 Å². The average Bonchev–Trinajstić information content (AvgIpc) is 3.03. The second-order valence-electron chi connectivity index (χ2n) is 4.95. The lowest BCUT2D eigenvalue weighted by Gasteiger charge is -2.12. The van der Waals surface area contributed by atoms with Gasteiger partial charge in [-0.2, -0.15) is 0 Å². The zero-order valence-corrected chi connectivity index (χ0v) is 12.6. The van der Waals surface area contributed by atoms with Gasteiger partial charge in [-0.15, -0.1) is 0 Å². The Bertz CT molecular complexity index is 560. The number of thioether (sulfide) groups is 1. The monoisotopic (exact) mass is 305 g/mol. The standard InChI is InChI=1S/C15H15NO2S2/c17-14-13(20-15(19)16-14)9-10-5-7-12(8-6-10)18-11-3-1-2-4-11/h5-9,11H,1-4H2,(H,16,17,19)/b13-9-. The second-order valence-corrected chi connectivity index (χ2v) is 6.66. The molecule has 1 aliphatic carbocycles. The summed E-state index contributed by atoms with van der Waals surface area (Å²) in [5.41, 5.74) is 0.978. The Balaban J connectivity index is 1.68. The van der Waals surface area contributed by atoms with E-state index in [1.807, 2.05) is 30.3 Å². The molecule has 1 amide bonds. The number of hydrogen-bond donors (Lipinski definition) is 1. The second kappa shape index (κ2) is 5.97. The van der Waals surface area contributed by atoms with E-state index in [0.717, 1.165) is 24.2 Å². The van der Waals surface area contributed by atoms with E-state index in [4.69, 9.17) is 17.0 Å². The molecule has 3 rings (SSSR count). The van der Waals surface area contributed by atoms with Crippen LogP contribution in [0.2, 0.25) is 0 Å². The van der Waals surface area contributed by atoms with Crippen LogP contribution in [0.5, 0.6) is 5.75 Å². The molecule has 1 aromatic carbocycles. The van der Waals surface area contributed by atoms with Crippen LogP contribution in [0, 0.1) is 0 Å². The Morgan fingerprint density at radius 3 is 2.55 bits per heavy atom. The van der Waals surface area contributed by atoms with Gasteiger partial charge in [-0.05, 0) is 49.5 Å². The SMILES string of the molecule is O=C1NC(=S)S/C1=C\c1ccc(OC2CCCC2)cc1. The molecule has 0 bridgehead atoms. The third kappa shape index (κ3) is 3.22. The Morgan fingerprint density at radius 2 is 1.95 bits per heavy atom. The number of thiocarbonyl (C=S) groups is 1. The number of nitrogens with one attached hydrogen (secondary N) is 1. The van der Waals surface area contributed by atoms with Crippen LogP contribution in [0.3, 0.4) is 0 Å². The van der Waals surface area contributed by atoms with Gasteiger partial charge in [-0.1, -0.05) is 36.1 Å². The molecule has 2 aliphatic rings. The van der Waals surface area contributed by atoms with Crippen LogP contribution in [-0.4, -0.2) is 16.3 Å². The lowest BCUT2D eigenvalue weighted by Crippen LogP contribution is -2.17. The van der Waals surface area contributed by atoms with Crippen molar-refractivity contribution in [3.63, 3.8) is 0 Å². The van der Waals surface area contributed by atoms with Crippen molar-refractivity contribution in [1.82, 2.24) is 5.32 Å². The van der Waals surface area contributed by atoms with E-state index in [2.05, 4.69) is 5.32 Å². The zero-order valence-electron chi connectivity index (χ0n) is 10.9. The smallest absolute Gasteiger partial charge is 0.263 e. The normalized spacial score (nSPS) is 21.5. The predicted molar refractivity (Wildman–Crippen MR) is 85.6 cm³/mol. The minimum atomic E-state index is -0.119. The molecule has 1 heterocycles. The van der Waals surface area contributed by atoms with Gasteiger partial charge in [-0.25, -0.2) is 0 Å². The summed E-state index contributed by atoms with van der Waals surface area (Å²) in [6.07, 6.45) is 7.05. The van der Waals surface area contributed by atoms with E-state index in [1.54, 1.807) is 0 Å². The number of benzene rings is 1. The number of rotatable bonds is 3. The first-order valence-corrected chi connectivity index (χ1v) is 7.95. The highest BCUT2D eigenvalue weighted by atomic mass is 32.2. The summed E-state index contributed by atoms with van der Waals surface area (Å²) in [6, 6.07) is 7.85. The van der Waals surface area contributed by atoms with Crippen molar-refractivity contribution >= 4 is 40.3 Å². The van der Waals surface area contributed by atoms with Gasteiger partial charge >= 0.3 is 0 Å². The van der Waals surface area contributed by atoms with Crippen LogP contribution in [0.15, 0.2) is 29.2 Å². The summed E-state index contributed by atoms with van der Waals surface area (Å²) in [7, 11) is 0. The van der Waals surface area contributed by atoms with Gasteiger partial charge in [0.2, 0.25) is 0 Å². The van der Waals surface area contributed by atoms with E-state index in [1.165, 1.54) is 24.6 Å². The number of amides is 1. The maximum Gasteiger partial charge on any atom is 0.263 e. The van der Waals surface area contributed by atoms with E-state index in [-0.39, 0.29) is 5.91 Å². The molecule has 1 saturated carbocycles. The molecule has 1 aromatic rings. The maximum absolute atomic E-state index is 11.6. The predicted octanol–water partition coefficient (Wildman–Crippen LogP) is 3.50. The van der Waals surface area contributed by atoms with Gasteiger partial charge in [0, 0.05) is 0 Å². The maximum atomic E-state index is 11.6. The van der Waals surface area contributed by atoms with E-state index >= 15 is 0 Å². The van der Waals surface area contributed by atoms with Crippen molar-refractivity contribution in [3.05, 3.63) is 34.7 Å². The van der Waals surface area contributed by atoms with Crippen LogP contribution < -0.4 is 10.1 Å². The Hall–Kier alpha value is -1.33. The van der Waals surface area contributed by atoms with Gasteiger partial charge in [-0.3, -0.25) is 4.79 Å². The molecule has 104 valence electrons. The molecule has 3 nitrogen and oxygen atoms in total. The van der Waals surface area contributed by atoms with Crippen molar-refractivity contribution in [1.29, 1.82) is 0 Å². The number of hydrogen-bond acceptors (Lipinski definition) is 4. The molecule has 5 heteroatoms. The fraction of sp³-hybridized carbons (Fsp3) is 0.333. The first-order valence-electron chi connectivity index (χ1n) is 6.72. The molecule has 1 aliphatic heterocycles. The van der Waals surface area contributed by atoms with Gasteiger partial charge in [0.25, 0.3) is 5.91 Å². The van der Waals surface area contributed by atoms with Gasteiger partial charge in [0.05, 0.1) is 11.0 Å². The van der Waals surface area contributed by atoms with Crippen molar-refractivity contribution in [2.45, 2.75) is 31.8 Å². The summed E-state index contributed by atoms with van der Waals surface area (Å²) >= 11 is 6.26. The Kier molecular flexibility index (Phi) is 4.08. The first kappa shape index (κ1) is 13.6. The fourth-order valence-corrected chi connectivity index (χ4v) is 3.46. The van der Waals surface area contributed by atoms with Crippen LogP contribution in [0.25, 0.3) is 6.08 Å². The summed E-state index contributed by atoms with van der Waals surface area (Å²) < 4.78 is 6.43. The highest BCUT2D eigenvalue weighted by Crippen LogP contribution is 2.27. The Morgan fingerprint density at radius 1 is 1.25 bits per heavy atom. The lowest BCUT2D eigenvalue weighted by molar-refractivity contribution is -0.115. The van der Waals surface area contributed by atoms with E-state index < -0.39 is 0 Å². The summed E-state index contributed by atoms with van der Waals surface area (Å²) in [5, 5.41) is 2.61. The quantitative estimate of drug-likeness (QED) is 0.685. The van der Waals surface area contributed by atoms with Crippen molar-refractivity contribution in [2.24, 2.45) is 0 Å². The molecule has 0 spiro atoms. The molecule has 1 saturated heterocycles. The van der Waals surface area contributed by atoms with Gasteiger partial charge in [0.1, 0.15) is 10.1 Å². The van der Waals surface area contributed by atoms with Crippen LogP contribution in [0.4, 0.5) is 0 Å². The average molecular weight is 305 g/mol. The zero-order chi connectivity index (χ0) is 13.9. The highest BCUT2D eigenvalue weighted by molar-refractivity contribution is 8.26. The molecular weight excluding hydrogens is 290 g/mol. The van der Waals surface area contributed by atoms with E-state index in [0.29, 0.717) is 15.3 Å². The summed E-state index contributed by atoms with van der Waals surface area (Å²) in [4.78, 5) is 12.2.